The molecule has 0 aromatic carbocycles. The third-order valence-corrected chi connectivity index (χ3v) is 5.64. The summed E-state index contributed by atoms with van der Waals surface area (Å²) in [5.41, 5.74) is 0. The normalized spacial score (nSPS) is 27.5. The lowest BCUT2D eigenvalue weighted by atomic mass is 10.0. The molecule has 2 aliphatic rings. The van der Waals surface area contributed by atoms with Crippen LogP contribution >= 0.6 is 0 Å². The molecule has 5 nitrogen and oxygen atoms in total. The van der Waals surface area contributed by atoms with Crippen LogP contribution < -0.4 is 10.0 Å². The molecule has 0 bridgehead atoms. The summed E-state index contributed by atoms with van der Waals surface area (Å²) < 4.78 is 27.1. The lowest BCUT2D eigenvalue weighted by Crippen LogP contribution is -2.44. The molecule has 2 atom stereocenters. The van der Waals surface area contributed by atoms with E-state index in [9.17, 15) is 8.42 Å². The predicted octanol–water partition coefficient (Wildman–Crippen LogP) is 0.390. The smallest absolute Gasteiger partial charge is 0.212 e. The quantitative estimate of drug-likeness (QED) is 0.742. The first-order valence-electron chi connectivity index (χ1n) is 7.48. The van der Waals surface area contributed by atoms with E-state index in [4.69, 9.17) is 0 Å². The van der Waals surface area contributed by atoms with Crippen molar-refractivity contribution in [1.82, 2.24) is 14.9 Å². The van der Waals surface area contributed by atoms with Crippen molar-refractivity contribution in [3.05, 3.63) is 0 Å². The minimum Gasteiger partial charge on any atom is -0.316 e. The molecule has 2 unspecified atom stereocenters. The fraction of sp³-hybridized carbons (Fsp3) is 1.00. The molecule has 6 heteroatoms. The predicted molar refractivity (Wildman–Crippen MR) is 77.7 cm³/mol. The highest BCUT2D eigenvalue weighted by atomic mass is 32.2. The van der Waals surface area contributed by atoms with Gasteiger partial charge >= 0.3 is 0 Å². The standard InChI is InChI=1S/C13H27N3O2S/c1-12(10-16-7-2-3-8-16)15-19(17,18)11-13-5-4-6-14-9-13/h12-15H,2-11H2,1H3. The molecule has 0 radical (unpaired) electrons. The van der Waals surface area contributed by atoms with Crippen LogP contribution in [0.2, 0.25) is 0 Å². The van der Waals surface area contributed by atoms with Crippen molar-refractivity contribution in [2.45, 2.75) is 38.6 Å². The molecule has 2 saturated heterocycles. The van der Waals surface area contributed by atoms with E-state index in [2.05, 4.69) is 14.9 Å². The van der Waals surface area contributed by atoms with Crippen LogP contribution in [0.15, 0.2) is 0 Å². The van der Waals surface area contributed by atoms with E-state index in [1.54, 1.807) is 0 Å². The van der Waals surface area contributed by atoms with Crippen LogP contribution in [0.4, 0.5) is 0 Å². The molecule has 0 saturated carbocycles. The summed E-state index contributed by atoms with van der Waals surface area (Å²) in [6.45, 7) is 6.88. The van der Waals surface area contributed by atoms with Gasteiger partial charge in [0, 0.05) is 12.6 Å². The largest absolute Gasteiger partial charge is 0.316 e. The second kappa shape index (κ2) is 7.02. The molecular formula is C13H27N3O2S. The number of nitrogens with one attached hydrogen (secondary N) is 2. The van der Waals surface area contributed by atoms with E-state index >= 15 is 0 Å². The Bertz CT molecular complexity index is 360. The van der Waals surface area contributed by atoms with Gasteiger partial charge in [-0.2, -0.15) is 0 Å². The second-order valence-corrected chi connectivity index (χ2v) is 7.82. The van der Waals surface area contributed by atoms with Crippen LogP contribution in [0, 0.1) is 5.92 Å². The molecule has 0 aliphatic carbocycles. The first-order valence-corrected chi connectivity index (χ1v) is 9.13. The number of nitrogens with zero attached hydrogens (tertiary/aromatic N) is 1. The maximum Gasteiger partial charge on any atom is 0.212 e. The maximum atomic E-state index is 12.1. The van der Waals surface area contributed by atoms with Crippen molar-refractivity contribution >= 4 is 10.0 Å². The zero-order valence-electron chi connectivity index (χ0n) is 11.9. The van der Waals surface area contributed by atoms with Gasteiger partial charge in [0.25, 0.3) is 0 Å². The molecular weight excluding hydrogens is 262 g/mol. The van der Waals surface area contributed by atoms with Gasteiger partial charge in [-0.05, 0) is 64.7 Å². The highest BCUT2D eigenvalue weighted by Crippen LogP contribution is 2.13. The summed E-state index contributed by atoms with van der Waals surface area (Å²) in [6.07, 6.45) is 4.60. The minimum absolute atomic E-state index is 0.0136. The summed E-state index contributed by atoms with van der Waals surface area (Å²) >= 11 is 0. The van der Waals surface area contributed by atoms with E-state index in [-0.39, 0.29) is 17.7 Å². The van der Waals surface area contributed by atoms with E-state index in [1.165, 1.54) is 12.8 Å². The Balaban J connectivity index is 1.75. The van der Waals surface area contributed by atoms with Gasteiger partial charge in [0.1, 0.15) is 0 Å². The Kier molecular flexibility index (Phi) is 5.62. The van der Waals surface area contributed by atoms with E-state index in [0.717, 1.165) is 45.6 Å². The van der Waals surface area contributed by atoms with Gasteiger partial charge in [0.15, 0.2) is 0 Å². The zero-order valence-corrected chi connectivity index (χ0v) is 12.7. The molecule has 2 rings (SSSR count). The van der Waals surface area contributed by atoms with E-state index in [1.807, 2.05) is 6.92 Å². The van der Waals surface area contributed by atoms with Gasteiger partial charge in [-0.15, -0.1) is 0 Å². The Hall–Kier alpha value is -0.170. The number of likely N-dealkylation sites (tertiary alicyclic amines) is 1. The van der Waals surface area contributed by atoms with Gasteiger partial charge in [0.2, 0.25) is 10.0 Å². The first-order chi connectivity index (χ1) is 9.05. The average Bonchev–Trinajstić information content (AvgIpc) is 2.81. The number of rotatable bonds is 6. The van der Waals surface area contributed by atoms with E-state index < -0.39 is 10.0 Å². The molecule has 0 spiro atoms. The lowest BCUT2D eigenvalue weighted by molar-refractivity contribution is 0.312. The van der Waals surface area contributed by atoms with Crippen LogP contribution in [-0.2, 0) is 10.0 Å². The van der Waals surface area contributed by atoms with Crippen LogP contribution in [0.25, 0.3) is 0 Å². The monoisotopic (exact) mass is 289 g/mol. The van der Waals surface area contributed by atoms with Crippen molar-refractivity contribution in [3.63, 3.8) is 0 Å². The molecule has 2 fully saturated rings. The van der Waals surface area contributed by atoms with Crippen molar-refractivity contribution in [1.29, 1.82) is 0 Å². The van der Waals surface area contributed by atoms with Crippen LogP contribution in [0.1, 0.15) is 32.6 Å². The van der Waals surface area contributed by atoms with E-state index in [0.29, 0.717) is 0 Å². The van der Waals surface area contributed by atoms with Crippen LogP contribution in [0.3, 0.4) is 0 Å². The summed E-state index contributed by atoms with van der Waals surface area (Å²) in [4.78, 5) is 2.34. The number of hydrogen-bond donors (Lipinski definition) is 2. The Labute approximate surface area is 117 Å². The first kappa shape index (κ1) is 15.2. The lowest BCUT2D eigenvalue weighted by Gasteiger charge is -2.25. The molecule has 2 heterocycles. The number of sulfonamides is 1. The Morgan fingerprint density at radius 1 is 1.32 bits per heavy atom. The second-order valence-electron chi connectivity index (χ2n) is 6.02. The van der Waals surface area contributed by atoms with Crippen molar-refractivity contribution in [2.24, 2.45) is 5.92 Å². The molecule has 0 aromatic heterocycles. The molecule has 112 valence electrons. The van der Waals surface area contributed by atoms with Crippen molar-refractivity contribution in [2.75, 3.05) is 38.5 Å². The van der Waals surface area contributed by atoms with Crippen LogP contribution in [-0.4, -0.2) is 57.8 Å². The van der Waals surface area contributed by atoms with Gasteiger partial charge in [-0.3, -0.25) is 0 Å². The van der Waals surface area contributed by atoms with Gasteiger partial charge in [-0.1, -0.05) is 0 Å². The highest BCUT2D eigenvalue weighted by molar-refractivity contribution is 7.89. The summed E-state index contributed by atoms with van der Waals surface area (Å²) in [5, 5.41) is 3.27. The number of hydrogen-bond acceptors (Lipinski definition) is 4. The van der Waals surface area contributed by atoms with Gasteiger partial charge in [-0.25, -0.2) is 13.1 Å². The number of piperidine rings is 1. The fourth-order valence-electron chi connectivity index (χ4n) is 3.12. The maximum absolute atomic E-state index is 12.1. The van der Waals surface area contributed by atoms with Crippen LogP contribution in [0.5, 0.6) is 0 Å². The zero-order chi connectivity index (χ0) is 13.7. The third-order valence-electron chi connectivity index (χ3n) is 3.97. The molecule has 0 aromatic rings. The summed E-state index contributed by atoms with van der Waals surface area (Å²) in [5.74, 6) is 0.537. The Morgan fingerprint density at radius 3 is 2.68 bits per heavy atom. The van der Waals surface area contributed by atoms with Crippen molar-refractivity contribution < 1.29 is 8.42 Å². The SMILES string of the molecule is CC(CN1CCCC1)NS(=O)(=O)CC1CCCNC1. The third kappa shape index (κ3) is 5.38. The molecule has 2 aliphatic heterocycles. The fourth-order valence-corrected chi connectivity index (χ4v) is 4.81. The minimum atomic E-state index is -3.14. The Morgan fingerprint density at radius 2 is 2.05 bits per heavy atom. The summed E-state index contributed by atoms with van der Waals surface area (Å²) in [6, 6.07) is 0.0136. The van der Waals surface area contributed by atoms with Gasteiger partial charge in [0.05, 0.1) is 5.75 Å². The topological polar surface area (TPSA) is 61.4 Å². The highest BCUT2D eigenvalue weighted by Gasteiger charge is 2.23. The molecule has 19 heavy (non-hydrogen) atoms. The molecule has 0 amide bonds. The van der Waals surface area contributed by atoms with Crippen molar-refractivity contribution in [3.8, 4) is 0 Å². The average molecular weight is 289 g/mol. The van der Waals surface area contributed by atoms with Gasteiger partial charge < -0.3 is 10.2 Å². The molecule has 2 N–H and O–H groups in total. The summed E-state index contributed by atoms with van der Waals surface area (Å²) in [7, 11) is -3.14.